The number of hydrogen-bond donors (Lipinski definition) is 1. The molecule has 0 aliphatic heterocycles. The molecule has 3 rings (SSSR count). The second kappa shape index (κ2) is 8.45. The number of amides is 1. The minimum absolute atomic E-state index is 0.188. The van der Waals surface area contributed by atoms with Gasteiger partial charge in [-0.15, -0.1) is 0 Å². The Morgan fingerprint density at radius 2 is 1.70 bits per heavy atom. The molecular formula is C20H17ClF6N2O. The zero-order valence-corrected chi connectivity index (χ0v) is 16.2. The second-order valence-corrected chi connectivity index (χ2v) is 7.51. The third-order valence-corrected chi connectivity index (χ3v) is 5.41. The van der Waals surface area contributed by atoms with Crippen molar-refractivity contribution in [2.24, 2.45) is 0 Å². The van der Waals surface area contributed by atoms with Crippen molar-refractivity contribution in [1.82, 2.24) is 10.3 Å². The summed E-state index contributed by atoms with van der Waals surface area (Å²) in [5.41, 5.74) is -2.37. The van der Waals surface area contributed by atoms with Crippen LogP contribution in [-0.4, -0.2) is 16.9 Å². The van der Waals surface area contributed by atoms with E-state index < -0.39 is 46.9 Å². The lowest BCUT2D eigenvalue weighted by Gasteiger charge is -2.32. The highest BCUT2D eigenvalue weighted by molar-refractivity contribution is 6.31. The van der Waals surface area contributed by atoms with Gasteiger partial charge in [0.05, 0.1) is 27.4 Å². The van der Waals surface area contributed by atoms with Crippen molar-refractivity contribution in [2.75, 3.05) is 0 Å². The molecule has 2 aromatic rings. The summed E-state index contributed by atoms with van der Waals surface area (Å²) in [5, 5.41) is 2.42. The van der Waals surface area contributed by atoms with Gasteiger partial charge in [0.1, 0.15) is 0 Å². The zero-order chi connectivity index (χ0) is 22.1. The van der Waals surface area contributed by atoms with E-state index in [0.717, 1.165) is 24.6 Å². The van der Waals surface area contributed by atoms with Crippen LogP contribution in [0.4, 0.5) is 26.3 Å². The van der Waals surface area contributed by atoms with Gasteiger partial charge in [0, 0.05) is 18.2 Å². The van der Waals surface area contributed by atoms with Gasteiger partial charge in [0.2, 0.25) is 0 Å². The number of pyridine rings is 1. The molecule has 30 heavy (non-hydrogen) atoms. The number of halogens is 7. The van der Waals surface area contributed by atoms with Gasteiger partial charge in [-0.05, 0) is 31.0 Å². The number of nitrogens with one attached hydrogen (secondary N) is 1. The maximum absolute atomic E-state index is 13.2. The quantitative estimate of drug-likeness (QED) is 0.563. The van der Waals surface area contributed by atoms with E-state index in [4.69, 9.17) is 11.6 Å². The predicted molar refractivity (Wildman–Crippen MR) is 98.2 cm³/mol. The van der Waals surface area contributed by atoms with Crippen LogP contribution in [0.2, 0.25) is 5.02 Å². The van der Waals surface area contributed by atoms with Gasteiger partial charge in [-0.1, -0.05) is 36.6 Å². The van der Waals surface area contributed by atoms with Crippen LogP contribution in [0.1, 0.15) is 58.8 Å². The van der Waals surface area contributed by atoms with E-state index >= 15 is 0 Å². The van der Waals surface area contributed by atoms with E-state index in [1.54, 1.807) is 0 Å². The third-order valence-electron chi connectivity index (χ3n) is 5.11. The van der Waals surface area contributed by atoms with Crippen molar-refractivity contribution in [3.05, 3.63) is 63.9 Å². The largest absolute Gasteiger partial charge is 0.417 e. The number of benzene rings is 1. The monoisotopic (exact) mass is 450 g/mol. The first kappa shape index (κ1) is 22.4. The van der Waals surface area contributed by atoms with Crippen LogP contribution in [0, 0.1) is 0 Å². The smallest absolute Gasteiger partial charge is 0.349 e. The fourth-order valence-corrected chi connectivity index (χ4v) is 3.99. The number of alkyl halides is 6. The van der Waals surface area contributed by atoms with E-state index in [9.17, 15) is 31.1 Å². The molecule has 1 saturated carbocycles. The number of hydrogen-bond acceptors (Lipinski definition) is 2. The zero-order valence-electron chi connectivity index (χ0n) is 15.4. The molecule has 3 nitrogen and oxygen atoms in total. The lowest BCUT2D eigenvalue weighted by atomic mass is 9.81. The Morgan fingerprint density at radius 1 is 1.03 bits per heavy atom. The molecule has 0 saturated heterocycles. The van der Waals surface area contributed by atoms with Crippen molar-refractivity contribution in [1.29, 1.82) is 0 Å². The lowest BCUT2D eigenvalue weighted by Crippen LogP contribution is -2.42. The Hall–Kier alpha value is -2.29. The van der Waals surface area contributed by atoms with Crippen LogP contribution in [0.15, 0.2) is 36.5 Å². The van der Waals surface area contributed by atoms with E-state index in [1.165, 1.54) is 12.1 Å². The van der Waals surface area contributed by atoms with E-state index in [2.05, 4.69) is 10.3 Å². The molecule has 1 fully saturated rings. The van der Waals surface area contributed by atoms with Crippen LogP contribution in [-0.2, 0) is 12.4 Å². The molecule has 162 valence electrons. The Morgan fingerprint density at radius 3 is 2.33 bits per heavy atom. The molecule has 1 amide bonds. The summed E-state index contributed by atoms with van der Waals surface area (Å²) in [6, 6.07) is 4.59. The van der Waals surface area contributed by atoms with Gasteiger partial charge in [-0.25, -0.2) is 0 Å². The molecule has 0 bridgehead atoms. The van der Waals surface area contributed by atoms with E-state index in [0.29, 0.717) is 25.5 Å². The van der Waals surface area contributed by atoms with E-state index in [1.807, 2.05) is 0 Å². The first-order valence-electron chi connectivity index (χ1n) is 9.18. The minimum Gasteiger partial charge on any atom is -0.349 e. The fourth-order valence-electron chi connectivity index (χ4n) is 3.68. The number of carbonyl (C=O) groups is 1. The van der Waals surface area contributed by atoms with Gasteiger partial charge in [-0.2, -0.15) is 26.3 Å². The Labute approximate surface area is 173 Å². The highest BCUT2D eigenvalue weighted by Crippen LogP contribution is 2.38. The Bertz CT molecular complexity index is 928. The van der Waals surface area contributed by atoms with Crippen LogP contribution in [0.25, 0.3) is 0 Å². The van der Waals surface area contributed by atoms with Gasteiger partial charge >= 0.3 is 12.4 Å². The Kier molecular flexibility index (Phi) is 6.31. The summed E-state index contributed by atoms with van der Waals surface area (Å²) >= 11 is 6.05. The highest BCUT2D eigenvalue weighted by Gasteiger charge is 2.37. The molecule has 0 spiro atoms. The van der Waals surface area contributed by atoms with Crippen LogP contribution in [0.5, 0.6) is 0 Å². The second-order valence-electron chi connectivity index (χ2n) is 7.10. The summed E-state index contributed by atoms with van der Waals surface area (Å²) in [7, 11) is 0. The molecular weight excluding hydrogens is 434 g/mol. The minimum atomic E-state index is -4.70. The standard InChI is InChI=1S/C20H17ClF6N2O/c21-15-9-11(19(22,23)24)10-28-17(15)13-6-2-4-8-16(13)29-18(30)12-5-1-3-7-14(12)20(25,26)27/h1,3,5,7,9-10,13,16H,2,4,6,8H2,(H,29,30)/t13-,16+/m0/s1. The Balaban J connectivity index is 1.87. The van der Waals surface area contributed by atoms with Gasteiger partial charge in [-0.3, -0.25) is 9.78 Å². The summed E-state index contributed by atoms with van der Waals surface area (Å²) in [6.45, 7) is 0. The number of aromatic nitrogens is 1. The first-order valence-corrected chi connectivity index (χ1v) is 9.56. The number of carbonyl (C=O) groups excluding carboxylic acids is 1. The normalized spacial score (nSPS) is 20.1. The van der Waals surface area contributed by atoms with Gasteiger partial charge in [0.15, 0.2) is 0 Å². The molecule has 0 radical (unpaired) electrons. The lowest BCUT2D eigenvalue weighted by molar-refractivity contribution is -0.138. The average molecular weight is 451 g/mol. The average Bonchev–Trinajstić information content (AvgIpc) is 2.67. The fraction of sp³-hybridized carbons (Fsp3) is 0.400. The summed E-state index contributed by atoms with van der Waals surface area (Å²) in [5.74, 6) is -1.40. The first-order chi connectivity index (χ1) is 14.0. The molecule has 1 aromatic carbocycles. The summed E-state index contributed by atoms with van der Waals surface area (Å²) in [4.78, 5) is 16.5. The van der Waals surface area contributed by atoms with E-state index in [-0.39, 0.29) is 10.7 Å². The molecule has 1 N–H and O–H groups in total. The third kappa shape index (κ3) is 4.88. The molecule has 1 aliphatic rings. The predicted octanol–water partition coefficient (Wildman–Crippen LogP) is 6.23. The van der Waals surface area contributed by atoms with Crippen molar-refractivity contribution < 1.29 is 31.1 Å². The molecule has 2 atom stereocenters. The molecule has 1 heterocycles. The van der Waals surface area contributed by atoms with Crippen molar-refractivity contribution in [3.63, 3.8) is 0 Å². The summed E-state index contributed by atoms with van der Waals surface area (Å²) in [6.07, 6.45) is -6.24. The van der Waals surface area contributed by atoms with Gasteiger partial charge < -0.3 is 5.32 Å². The molecule has 0 unspecified atom stereocenters. The molecule has 1 aliphatic carbocycles. The van der Waals surface area contributed by atoms with Gasteiger partial charge in [0.25, 0.3) is 5.91 Å². The number of rotatable bonds is 3. The highest BCUT2D eigenvalue weighted by atomic mass is 35.5. The van der Waals surface area contributed by atoms with Crippen LogP contribution < -0.4 is 5.32 Å². The molecule has 10 heteroatoms. The topological polar surface area (TPSA) is 42.0 Å². The summed E-state index contributed by atoms with van der Waals surface area (Å²) < 4.78 is 78.2. The van der Waals surface area contributed by atoms with Crippen molar-refractivity contribution >= 4 is 17.5 Å². The van der Waals surface area contributed by atoms with Crippen LogP contribution in [0.3, 0.4) is 0 Å². The maximum Gasteiger partial charge on any atom is 0.417 e. The maximum atomic E-state index is 13.2. The SMILES string of the molecule is O=C(N[C@@H]1CCCC[C@@H]1c1ncc(C(F)(F)F)cc1Cl)c1ccccc1C(F)(F)F. The van der Waals surface area contributed by atoms with Crippen LogP contribution >= 0.6 is 11.6 Å². The van der Waals surface area contributed by atoms with Crippen molar-refractivity contribution in [3.8, 4) is 0 Å². The van der Waals surface area contributed by atoms with Crippen molar-refractivity contribution in [2.45, 2.75) is 50.0 Å². The molecule has 1 aromatic heterocycles. The number of nitrogens with zero attached hydrogens (tertiary/aromatic N) is 1.